The van der Waals surface area contributed by atoms with Crippen molar-refractivity contribution in [2.24, 2.45) is 0 Å². The van der Waals surface area contributed by atoms with Crippen molar-refractivity contribution in [3.05, 3.63) is 58.9 Å². The summed E-state index contributed by atoms with van der Waals surface area (Å²) in [5, 5.41) is 3.15. The van der Waals surface area contributed by atoms with E-state index in [0.717, 1.165) is 5.56 Å². The number of nitrogens with one attached hydrogen (secondary N) is 1. The average Bonchev–Trinajstić information content (AvgIpc) is 2.70. The molecule has 2 aromatic carbocycles. The fourth-order valence-corrected chi connectivity index (χ4v) is 3.40. The Morgan fingerprint density at radius 1 is 1.23 bits per heavy atom. The summed E-state index contributed by atoms with van der Waals surface area (Å²) in [5.41, 5.74) is 1.84. The van der Waals surface area contributed by atoms with Gasteiger partial charge in [-0.15, -0.1) is 0 Å². The van der Waals surface area contributed by atoms with Crippen LogP contribution in [0.3, 0.4) is 0 Å². The Hall–Kier alpha value is -2.25. The van der Waals surface area contributed by atoms with Crippen molar-refractivity contribution in [1.29, 1.82) is 0 Å². The minimum atomic E-state index is -3.10. The zero-order chi connectivity index (χ0) is 22.8. The first kappa shape index (κ1) is 25.0. The number of carbonyl (C=O) groups is 2. The number of amides is 1. The van der Waals surface area contributed by atoms with Crippen LogP contribution in [0.4, 0.5) is 4.39 Å². The Kier molecular flexibility index (Phi) is 10.1. The molecule has 0 aliphatic heterocycles. The van der Waals surface area contributed by atoms with Crippen molar-refractivity contribution in [1.82, 2.24) is 5.32 Å². The maximum Gasteiger partial charge on any atom is 0.316 e. The maximum absolute atomic E-state index is 14.1. The van der Waals surface area contributed by atoms with Gasteiger partial charge in [-0.1, -0.05) is 35.9 Å². The Bertz CT molecular complexity index is 925. The van der Waals surface area contributed by atoms with Gasteiger partial charge < -0.3 is 19.5 Å². The van der Waals surface area contributed by atoms with Gasteiger partial charge >= 0.3 is 14.2 Å². The molecule has 1 amide bonds. The molecule has 7 nitrogen and oxygen atoms in total. The molecule has 0 bridgehead atoms. The number of carbonyl (C=O) groups excluding carboxylic acids is 2. The van der Waals surface area contributed by atoms with Gasteiger partial charge in [-0.25, -0.2) is 4.39 Å². The van der Waals surface area contributed by atoms with E-state index in [1.165, 1.54) is 12.1 Å². The van der Waals surface area contributed by atoms with Crippen LogP contribution in [0.5, 0.6) is 0 Å². The molecule has 1 unspecified atom stereocenters. The molecule has 0 aliphatic carbocycles. The number of hydrogen-bond acceptors (Lipinski definition) is 5. The number of ether oxygens (including phenoxy) is 1. The van der Waals surface area contributed by atoms with Crippen LogP contribution in [-0.4, -0.2) is 36.0 Å². The summed E-state index contributed by atoms with van der Waals surface area (Å²) in [7, 11) is -3.10. The Balaban J connectivity index is 2.08. The maximum atomic E-state index is 14.1. The summed E-state index contributed by atoms with van der Waals surface area (Å²) in [4.78, 5) is 32.7. The van der Waals surface area contributed by atoms with E-state index in [9.17, 15) is 18.5 Å². The molecule has 2 atom stereocenters. The predicted molar refractivity (Wildman–Crippen MR) is 116 cm³/mol. The molecule has 0 heterocycles. The van der Waals surface area contributed by atoms with Crippen molar-refractivity contribution in [2.75, 3.05) is 13.2 Å². The number of halogens is 2. The SMILES string of the molecule is CCOC(=O)C[C@@H](Cc1ccc(-c2cc(Cl)ccc2F)cc1)NC(=O)CCO[PH](=O)O. The Morgan fingerprint density at radius 3 is 2.58 bits per heavy atom. The lowest BCUT2D eigenvalue weighted by atomic mass is 9.99. The zero-order valence-corrected chi connectivity index (χ0v) is 18.7. The highest BCUT2D eigenvalue weighted by molar-refractivity contribution is 7.32. The molecular formula is C21H24ClFNO6P. The van der Waals surface area contributed by atoms with Crippen LogP contribution >= 0.6 is 19.9 Å². The summed E-state index contributed by atoms with van der Waals surface area (Å²) in [6.07, 6.45) is 0.172. The molecular weight excluding hydrogens is 448 g/mol. The molecule has 2 N–H and O–H groups in total. The normalized spacial score (nSPS) is 12.8. The van der Waals surface area contributed by atoms with Crippen LogP contribution in [0.25, 0.3) is 11.1 Å². The Labute approximate surface area is 185 Å². The highest BCUT2D eigenvalue weighted by atomic mass is 35.5. The predicted octanol–water partition coefficient (Wildman–Crippen LogP) is 3.92. The standard InChI is InChI=1S/C21H24ClFNO6P/c1-2-29-21(26)13-17(24-20(25)9-10-30-31(27)28)11-14-3-5-15(6-4-14)18-12-16(22)7-8-19(18)23/h3-8,12,17,31H,2,9-11,13H2,1H3,(H,24,25)(H,27,28)/t17-/m1/s1. The fraction of sp³-hybridized carbons (Fsp3) is 0.333. The van der Waals surface area contributed by atoms with E-state index in [4.69, 9.17) is 21.2 Å². The molecule has 31 heavy (non-hydrogen) atoms. The molecule has 0 aliphatic rings. The second-order valence-electron chi connectivity index (χ2n) is 6.66. The number of benzene rings is 2. The van der Waals surface area contributed by atoms with Crippen LogP contribution in [0.2, 0.25) is 5.02 Å². The average molecular weight is 472 g/mol. The van der Waals surface area contributed by atoms with E-state index in [1.54, 1.807) is 37.3 Å². The minimum absolute atomic E-state index is 0.0400. The van der Waals surface area contributed by atoms with Gasteiger partial charge in [0, 0.05) is 16.6 Å². The molecule has 0 saturated carbocycles. The molecule has 0 saturated heterocycles. The molecule has 168 valence electrons. The molecule has 0 radical (unpaired) electrons. The molecule has 0 aromatic heterocycles. The fourth-order valence-electron chi connectivity index (χ4n) is 2.95. The lowest BCUT2D eigenvalue weighted by Crippen LogP contribution is -2.38. The van der Waals surface area contributed by atoms with Gasteiger partial charge in [0.25, 0.3) is 0 Å². The van der Waals surface area contributed by atoms with Crippen LogP contribution in [0.1, 0.15) is 25.3 Å². The van der Waals surface area contributed by atoms with E-state index in [0.29, 0.717) is 22.6 Å². The summed E-state index contributed by atoms with van der Waals surface area (Å²) >= 11 is 5.95. The van der Waals surface area contributed by atoms with E-state index >= 15 is 0 Å². The van der Waals surface area contributed by atoms with Crippen molar-refractivity contribution in [2.45, 2.75) is 32.2 Å². The van der Waals surface area contributed by atoms with E-state index < -0.39 is 32.0 Å². The monoisotopic (exact) mass is 471 g/mol. The summed E-state index contributed by atoms with van der Waals surface area (Å²) in [6.45, 7) is 1.71. The quantitative estimate of drug-likeness (QED) is 0.380. The number of hydrogen-bond donors (Lipinski definition) is 2. The number of esters is 1. The van der Waals surface area contributed by atoms with Crippen molar-refractivity contribution in [3.63, 3.8) is 0 Å². The molecule has 2 rings (SSSR count). The first-order valence-corrected chi connectivity index (χ1v) is 11.3. The second kappa shape index (κ2) is 12.6. The van der Waals surface area contributed by atoms with Gasteiger partial charge in [0.15, 0.2) is 0 Å². The molecule has 10 heteroatoms. The summed E-state index contributed by atoms with van der Waals surface area (Å²) in [5.74, 6) is -1.27. The van der Waals surface area contributed by atoms with Gasteiger partial charge in [0.2, 0.25) is 5.91 Å². The number of rotatable bonds is 11. The third-order valence-corrected chi connectivity index (χ3v) is 5.00. The smallest absolute Gasteiger partial charge is 0.316 e. The summed E-state index contributed by atoms with van der Waals surface area (Å²) < 4.78 is 34.1. The van der Waals surface area contributed by atoms with Crippen LogP contribution in [-0.2, 0) is 29.8 Å². The van der Waals surface area contributed by atoms with Gasteiger partial charge in [-0.3, -0.25) is 14.2 Å². The third kappa shape index (κ3) is 8.79. The molecule has 0 spiro atoms. The van der Waals surface area contributed by atoms with Crippen LogP contribution in [0, 0.1) is 5.82 Å². The van der Waals surface area contributed by atoms with Gasteiger partial charge in [-0.2, -0.15) is 0 Å². The van der Waals surface area contributed by atoms with E-state index in [1.807, 2.05) is 0 Å². The second-order valence-corrected chi connectivity index (χ2v) is 7.92. The van der Waals surface area contributed by atoms with Crippen molar-refractivity contribution < 1.29 is 32.7 Å². The summed E-state index contributed by atoms with van der Waals surface area (Å²) in [6, 6.07) is 10.8. The van der Waals surface area contributed by atoms with Crippen LogP contribution < -0.4 is 5.32 Å². The lowest BCUT2D eigenvalue weighted by Gasteiger charge is -2.18. The molecule has 2 aromatic rings. The van der Waals surface area contributed by atoms with E-state index in [2.05, 4.69) is 9.84 Å². The first-order valence-electron chi connectivity index (χ1n) is 9.63. The Morgan fingerprint density at radius 2 is 1.94 bits per heavy atom. The first-order chi connectivity index (χ1) is 14.8. The lowest BCUT2D eigenvalue weighted by molar-refractivity contribution is -0.143. The van der Waals surface area contributed by atoms with Crippen molar-refractivity contribution >= 4 is 31.7 Å². The topological polar surface area (TPSA) is 102 Å². The molecule has 0 fully saturated rings. The van der Waals surface area contributed by atoms with Crippen LogP contribution in [0.15, 0.2) is 42.5 Å². The zero-order valence-electron chi connectivity index (χ0n) is 16.9. The van der Waals surface area contributed by atoms with E-state index in [-0.39, 0.29) is 26.1 Å². The largest absolute Gasteiger partial charge is 0.466 e. The van der Waals surface area contributed by atoms with Gasteiger partial charge in [-0.05, 0) is 42.7 Å². The minimum Gasteiger partial charge on any atom is -0.466 e. The van der Waals surface area contributed by atoms with Gasteiger partial charge in [0.1, 0.15) is 5.82 Å². The third-order valence-electron chi connectivity index (χ3n) is 4.31. The van der Waals surface area contributed by atoms with Gasteiger partial charge in [0.05, 0.1) is 26.1 Å². The highest BCUT2D eigenvalue weighted by Gasteiger charge is 2.18. The highest BCUT2D eigenvalue weighted by Crippen LogP contribution is 2.26. The van der Waals surface area contributed by atoms with Crippen molar-refractivity contribution in [3.8, 4) is 11.1 Å².